The lowest BCUT2D eigenvalue weighted by Crippen LogP contribution is -3.00. The van der Waals surface area contributed by atoms with Gasteiger partial charge in [-0.1, -0.05) is 18.2 Å². The van der Waals surface area contributed by atoms with Crippen molar-refractivity contribution in [2.45, 2.75) is 13.0 Å². The van der Waals surface area contributed by atoms with Crippen molar-refractivity contribution in [3.8, 4) is 5.75 Å². The summed E-state index contributed by atoms with van der Waals surface area (Å²) in [6.07, 6.45) is 0.248. The van der Waals surface area contributed by atoms with Crippen LogP contribution in [-0.2, 0) is 0 Å². The molecule has 1 unspecified atom stereocenters. The summed E-state index contributed by atoms with van der Waals surface area (Å²) < 4.78 is 6.70. The second kappa shape index (κ2) is 6.33. The smallest absolute Gasteiger partial charge is 0.145 e. The number of halogens is 1. The van der Waals surface area contributed by atoms with E-state index >= 15 is 0 Å². The van der Waals surface area contributed by atoms with E-state index in [0.717, 1.165) is 16.8 Å². The Kier molecular flexibility index (Phi) is 6.20. The van der Waals surface area contributed by atoms with Gasteiger partial charge in [0.1, 0.15) is 18.4 Å². The average molecular weight is 321 g/mol. The highest BCUT2D eigenvalue weighted by Gasteiger charge is 2.14. The first-order chi connectivity index (χ1) is 6.47. The van der Waals surface area contributed by atoms with Gasteiger partial charge in [-0.3, -0.25) is 0 Å². The van der Waals surface area contributed by atoms with E-state index in [1.54, 1.807) is 0 Å². The number of ether oxygens (including phenoxy) is 1. The number of quaternary nitrogens is 1. The Labute approximate surface area is 110 Å². The Hall–Kier alpha value is -0.290. The monoisotopic (exact) mass is 321 g/mol. The number of hydrogen-bond acceptors (Lipinski definition) is 1. The first-order valence-corrected chi connectivity index (χ1v) is 4.99. The molecule has 0 aliphatic carbocycles. The molecule has 0 N–H and O–H groups in total. The number of rotatable bonds is 4. The zero-order valence-corrected chi connectivity index (χ0v) is 12.1. The third-order valence-corrected chi connectivity index (χ3v) is 1.89. The first kappa shape index (κ1) is 14.7. The molecule has 2 nitrogen and oxygen atoms in total. The number of likely N-dealkylation sites (N-methyl/N-ethyl adjacent to an activating group) is 1. The predicted octanol–water partition coefficient (Wildman–Crippen LogP) is -0.836. The minimum absolute atomic E-state index is 0. The Bertz CT molecular complexity index is 269. The van der Waals surface area contributed by atoms with Gasteiger partial charge in [0.25, 0.3) is 0 Å². The van der Waals surface area contributed by atoms with Crippen molar-refractivity contribution in [3.05, 3.63) is 30.3 Å². The lowest BCUT2D eigenvalue weighted by molar-refractivity contribution is -0.872. The van der Waals surface area contributed by atoms with Crippen molar-refractivity contribution in [3.63, 3.8) is 0 Å². The lowest BCUT2D eigenvalue weighted by Gasteiger charge is -2.27. The van der Waals surface area contributed by atoms with E-state index in [0.29, 0.717) is 0 Å². The van der Waals surface area contributed by atoms with Gasteiger partial charge in [-0.25, -0.2) is 0 Å². The molecule has 0 saturated heterocycles. The topological polar surface area (TPSA) is 9.23 Å². The summed E-state index contributed by atoms with van der Waals surface area (Å²) in [5, 5.41) is 0. The summed E-state index contributed by atoms with van der Waals surface area (Å²) >= 11 is 0. The molecule has 0 heterocycles. The maximum absolute atomic E-state index is 5.77. The van der Waals surface area contributed by atoms with E-state index < -0.39 is 0 Å². The number of para-hydroxylation sites is 1. The number of hydrogen-bond donors (Lipinski definition) is 0. The van der Waals surface area contributed by atoms with E-state index in [1.165, 1.54) is 0 Å². The molecule has 3 heteroatoms. The fourth-order valence-electron chi connectivity index (χ4n) is 1.54. The third kappa shape index (κ3) is 6.73. The van der Waals surface area contributed by atoms with Gasteiger partial charge in [0.15, 0.2) is 0 Å². The highest BCUT2D eigenvalue weighted by atomic mass is 127. The van der Waals surface area contributed by atoms with E-state index in [9.17, 15) is 0 Å². The van der Waals surface area contributed by atoms with Crippen LogP contribution in [0.3, 0.4) is 0 Å². The van der Waals surface area contributed by atoms with Crippen LogP contribution in [0, 0.1) is 0 Å². The van der Waals surface area contributed by atoms with Gasteiger partial charge in [0, 0.05) is 0 Å². The fraction of sp³-hybridized carbons (Fsp3) is 0.500. The van der Waals surface area contributed by atoms with Gasteiger partial charge in [0.05, 0.1) is 21.1 Å². The Morgan fingerprint density at radius 2 is 1.67 bits per heavy atom. The van der Waals surface area contributed by atoms with E-state index in [-0.39, 0.29) is 30.1 Å². The summed E-state index contributed by atoms with van der Waals surface area (Å²) in [5.74, 6) is 0.952. The second-order valence-electron chi connectivity index (χ2n) is 4.71. The molecule has 0 bridgehead atoms. The zero-order chi connectivity index (χ0) is 10.6. The molecule has 0 aliphatic heterocycles. The van der Waals surface area contributed by atoms with Gasteiger partial charge >= 0.3 is 0 Å². The summed E-state index contributed by atoms with van der Waals surface area (Å²) in [6.45, 7) is 3.12. The van der Waals surface area contributed by atoms with E-state index in [2.05, 4.69) is 28.1 Å². The molecule has 1 aromatic rings. The molecule has 15 heavy (non-hydrogen) atoms. The SMILES string of the molecule is CC(C[N+](C)(C)C)Oc1ccccc1.[I-]. The van der Waals surface area contributed by atoms with Gasteiger partial charge in [0.2, 0.25) is 0 Å². The van der Waals surface area contributed by atoms with E-state index in [4.69, 9.17) is 4.74 Å². The molecular weight excluding hydrogens is 301 g/mol. The first-order valence-electron chi connectivity index (χ1n) is 4.99. The van der Waals surface area contributed by atoms with Crippen LogP contribution in [0.4, 0.5) is 0 Å². The normalized spacial score (nSPS) is 12.8. The Morgan fingerprint density at radius 3 is 2.13 bits per heavy atom. The molecule has 0 saturated carbocycles. The molecule has 86 valence electrons. The third-order valence-electron chi connectivity index (χ3n) is 1.89. The van der Waals surface area contributed by atoms with Crippen molar-refractivity contribution in [2.75, 3.05) is 27.7 Å². The van der Waals surface area contributed by atoms with Crippen LogP contribution in [0.5, 0.6) is 5.75 Å². The van der Waals surface area contributed by atoms with Crippen LogP contribution in [0.2, 0.25) is 0 Å². The highest BCUT2D eigenvalue weighted by Crippen LogP contribution is 2.11. The van der Waals surface area contributed by atoms with Gasteiger partial charge in [-0.15, -0.1) is 0 Å². The van der Waals surface area contributed by atoms with Crippen LogP contribution in [-0.4, -0.2) is 38.3 Å². The minimum atomic E-state index is 0. The van der Waals surface area contributed by atoms with E-state index in [1.807, 2.05) is 30.3 Å². The quantitative estimate of drug-likeness (QED) is 0.519. The fourth-order valence-corrected chi connectivity index (χ4v) is 1.54. The standard InChI is InChI=1S/C12H20NO.HI/c1-11(10-13(2,3)4)14-12-8-6-5-7-9-12;/h5-9,11H,10H2,1-4H3;1H/q+1;/p-1. The van der Waals surface area contributed by atoms with Crippen LogP contribution in [0.1, 0.15) is 6.92 Å². The van der Waals surface area contributed by atoms with Crippen LogP contribution in [0.25, 0.3) is 0 Å². The van der Waals surface area contributed by atoms with Crippen molar-refractivity contribution in [1.82, 2.24) is 0 Å². The predicted molar refractivity (Wildman–Crippen MR) is 59.4 cm³/mol. The second-order valence-corrected chi connectivity index (χ2v) is 4.71. The molecule has 1 rings (SSSR count). The van der Waals surface area contributed by atoms with Crippen molar-refractivity contribution >= 4 is 0 Å². The zero-order valence-electron chi connectivity index (χ0n) is 9.90. The molecule has 0 fully saturated rings. The highest BCUT2D eigenvalue weighted by molar-refractivity contribution is 5.21. The largest absolute Gasteiger partial charge is 1.00 e. The molecule has 1 aromatic carbocycles. The van der Waals surface area contributed by atoms with Crippen molar-refractivity contribution in [2.24, 2.45) is 0 Å². The molecule has 1 atom stereocenters. The minimum Gasteiger partial charge on any atom is -1.00 e. The van der Waals surface area contributed by atoms with Gasteiger partial charge in [-0.05, 0) is 19.1 Å². The summed E-state index contributed by atoms with van der Waals surface area (Å²) in [4.78, 5) is 0. The maximum Gasteiger partial charge on any atom is 0.145 e. The van der Waals surface area contributed by atoms with Crippen molar-refractivity contribution < 1.29 is 33.2 Å². The van der Waals surface area contributed by atoms with Gasteiger partial charge < -0.3 is 33.2 Å². The molecule has 0 radical (unpaired) electrons. The number of benzene rings is 1. The molecule has 0 aromatic heterocycles. The van der Waals surface area contributed by atoms with Gasteiger partial charge in [-0.2, -0.15) is 0 Å². The molecule has 0 aliphatic rings. The maximum atomic E-state index is 5.77. The van der Waals surface area contributed by atoms with Crippen molar-refractivity contribution in [1.29, 1.82) is 0 Å². The van der Waals surface area contributed by atoms with Crippen LogP contribution < -0.4 is 28.7 Å². The molecule has 0 spiro atoms. The summed E-state index contributed by atoms with van der Waals surface area (Å²) in [5.41, 5.74) is 0. The summed E-state index contributed by atoms with van der Waals surface area (Å²) in [7, 11) is 6.51. The van der Waals surface area contributed by atoms with Crippen LogP contribution >= 0.6 is 0 Å². The molecule has 0 amide bonds. The summed E-state index contributed by atoms with van der Waals surface area (Å²) in [6, 6.07) is 9.97. The Balaban J connectivity index is 0.00000196. The lowest BCUT2D eigenvalue weighted by atomic mass is 10.3. The van der Waals surface area contributed by atoms with Crippen LogP contribution in [0.15, 0.2) is 30.3 Å². The number of nitrogens with zero attached hydrogens (tertiary/aromatic N) is 1. The Morgan fingerprint density at radius 1 is 1.13 bits per heavy atom. The average Bonchev–Trinajstić information content (AvgIpc) is 2.02. The molecular formula is C12H20INO.